The van der Waals surface area contributed by atoms with Gasteiger partial charge >= 0.3 is 5.97 Å². The highest BCUT2D eigenvalue weighted by molar-refractivity contribution is 5.72. The van der Waals surface area contributed by atoms with Crippen molar-refractivity contribution >= 4 is 5.97 Å². The maximum absolute atomic E-state index is 11.1. The Kier molecular flexibility index (Phi) is 5.35. The molecule has 3 heteroatoms. The van der Waals surface area contributed by atoms with E-state index < -0.39 is 12.0 Å². The second-order valence-electron chi connectivity index (χ2n) is 4.70. The molecule has 2 unspecified atom stereocenters. The fourth-order valence-corrected chi connectivity index (χ4v) is 2.18. The van der Waals surface area contributed by atoms with E-state index in [0.717, 1.165) is 12.8 Å². The molecule has 0 aliphatic heterocycles. The van der Waals surface area contributed by atoms with Gasteiger partial charge in [0.05, 0.1) is 0 Å². The van der Waals surface area contributed by atoms with Crippen molar-refractivity contribution in [2.75, 3.05) is 7.05 Å². The lowest BCUT2D eigenvalue weighted by molar-refractivity contribution is -0.143. The first kappa shape index (κ1) is 14.7. The summed E-state index contributed by atoms with van der Waals surface area (Å²) in [7, 11) is 1.88. The molecule has 2 atom stereocenters. The van der Waals surface area contributed by atoms with Gasteiger partial charge in [0, 0.05) is 6.04 Å². The molecule has 3 nitrogen and oxygen atoms in total. The Balaban J connectivity index is 2.90. The van der Waals surface area contributed by atoms with Crippen molar-refractivity contribution in [2.45, 2.75) is 45.7 Å². The number of aryl methyl sites for hydroxylation is 1. The van der Waals surface area contributed by atoms with Gasteiger partial charge in [-0.05, 0) is 37.9 Å². The van der Waals surface area contributed by atoms with Crippen molar-refractivity contribution in [2.24, 2.45) is 0 Å². The van der Waals surface area contributed by atoms with E-state index in [1.54, 1.807) is 6.92 Å². The maximum atomic E-state index is 11.1. The monoisotopic (exact) mass is 249 g/mol. The highest BCUT2D eigenvalue weighted by Gasteiger charge is 2.24. The third-order valence-electron chi connectivity index (χ3n) is 3.62. The van der Waals surface area contributed by atoms with Crippen molar-refractivity contribution in [3.63, 3.8) is 0 Å². The van der Waals surface area contributed by atoms with Gasteiger partial charge < -0.3 is 5.11 Å². The number of carboxylic acids is 1. The maximum Gasteiger partial charge on any atom is 0.320 e. The predicted molar refractivity (Wildman–Crippen MR) is 73.7 cm³/mol. The molecule has 0 aliphatic carbocycles. The van der Waals surface area contributed by atoms with Crippen LogP contribution in [0.3, 0.4) is 0 Å². The number of aliphatic carboxylic acids is 1. The third kappa shape index (κ3) is 3.33. The molecule has 0 fully saturated rings. The van der Waals surface area contributed by atoms with Crippen LogP contribution in [0.5, 0.6) is 0 Å². The molecule has 100 valence electrons. The molecule has 0 aromatic heterocycles. The van der Waals surface area contributed by atoms with Crippen LogP contribution in [0.1, 0.15) is 44.4 Å². The quantitative estimate of drug-likeness (QED) is 0.842. The molecule has 1 N–H and O–H groups in total. The number of carboxylic acid groups (broad SMARTS) is 1. The van der Waals surface area contributed by atoms with E-state index >= 15 is 0 Å². The molecule has 0 heterocycles. The van der Waals surface area contributed by atoms with E-state index in [2.05, 4.69) is 38.1 Å². The van der Waals surface area contributed by atoms with Crippen LogP contribution in [0, 0.1) is 0 Å². The van der Waals surface area contributed by atoms with E-state index in [0.29, 0.717) is 0 Å². The highest BCUT2D eigenvalue weighted by atomic mass is 16.4. The summed E-state index contributed by atoms with van der Waals surface area (Å²) in [5.41, 5.74) is 2.49. The molecule has 0 saturated carbocycles. The molecule has 0 amide bonds. The number of carbonyl (C=O) groups is 1. The Morgan fingerprint density at radius 2 is 1.83 bits per heavy atom. The Morgan fingerprint density at radius 1 is 1.28 bits per heavy atom. The zero-order chi connectivity index (χ0) is 13.7. The first-order chi connectivity index (χ1) is 8.51. The van der Waals surface area contributed by atoms with E-state index in [-0.39, 0.29) is 6.04 Å². The molecule has 0 saturated heterocycles. The van der Waals surface area contributed by atoms with E-state index in [1.807, 2.05) is 11.9 Å². The molecule has 0 spiro atoms. The topological polar surface area (TPSA) is 40.5 Å². The zero-order valence-corrected chi connectivity index (χ0v) is 11.7. The van der Waals surface area contributed by atoms with Crippen LogP contribution in [0.4, 0.5) is 0 Å². The third-order valence-corrected chi connectivity index (χ3v) is 3.62. The number of hydrogen-bond donors (Lipinski definition) is 1. The van der Waals surface area contributed by atoms with Gasteiger partial charge in [0.25, 0.3) is 0 Å². The van der Waals surface area contributed by atoms with Crippen molar-refractivity contribution in [1.29, 1.82) is 0 Å². The summed E-state index contributed by atoms with van der Waals surface area (Å²) in [6, 6.07) is 8.15. The molecular formula is C15H23NO2. The van der Waals surface area contributed by atoms with Gasteiger partial charge in [-0.3, -0.25) is 9.69 Å². The van der Waals surface area contributed by atoms with Crippen LogP contribution >= 0.6 is 0 Å². The first-order valence-electron chi connectivity index (χ1n) is 6.54. The second kappa shape index (κ2) is 6.55. The number of likely N-dealkylation sites (N-methyl/N-ethyl adjacent to an activating group) is 1. The smallest absolute Gasteiger partial charge is 0.320 e. The largest absolute Gasteiger partial charge is 0.480 e. The van der Waals surface area contributed by atoms with Crippen molar-refractivity contribution in [1.82, 2.24) is 4.90 Å². The summed E-state index contributed by atoms with van der Waals surface area (Å²) in [6.45, 7) is 5.94. The predicted octanol–water partition coefficient (Wildman–Crippen LogP) is 3.11. The molecule has 1 rings (SSSR count). The fourth-order valence-electron chi connectivity index (χ4n) is 2.18. The Hall–Kier alpha value is -1.35. The van der Waals surface area contributed by atoms with Crippen molar-refractivity contribution < 1.29 is 9.90 Å². The minimum Gasteiger partial charge on any atom is -0.480 e. The lowest BCUT2D eigenvalue weighted by Crippen LogP contribution is -2.38. The SMILES string of the molecule is CCc1ccc(C(CC)N(C)C(C)C(=O)O)cc1. The second-order valence-corrected chi connectivity index (χ2v) is 4.70. The number of rotatable bonds is 6. The summed E-state index contributed by atoms with van der Waals surface area (Å²) in [4.78, 5) is 13.0. The molecule has 0 aliphatic rings. The van der Waals surface area contributed by atoms with E-state index in [1.165, 1.54) is 11.1 Å². The van der Waals surface area contributed by atoms with Gasteiger partial charge in [0.2, 0.25) is 0 Å². The van der Waals surface area contributed by atoms with Gasteiger partial charge in [-0.25, -0.2) is 0 Å². The summed E-state index contributed by atoms with van der Waals surface area (Å²) in [5, 5.41) is 9.08. The lowest BCUT2D eigenvalue weighted by Gasteiger charge is -2.30. The molecule has 1 aromatic rings. The van der Waals surface area contributed by atoms with E-state index in [4.69, 9.17) is 5.11 Å². The fraction of sp³-hybridized carbons (Fsp3) is 0.533. The normalized spacial score (nSPS) is 14.5. The van der Waals surface area contributed by atoms with Crippen LogP contribution < -0.4 is 0 Å². The number of nitrogens with zero attached hydrogens (tertiary/aromatic N) is 1. The number of benzene rings is 1. The zero-order valence-electron chi connectivity index (χ0n) is 11.7. The van der Waals surface area contributed by atoms with Gasteiger partial charge in [-0.15, -0.1) is 0 Å². The Morgan fingerprint density at radius 3 is 2.22 bits per heavy atom. The lowest BCUT2D eigenvalue weighted by atomic mass is 10.00. The van der Waals surface area contributed by atoms with Crippen LogP contribution in [0.25, 0.3) is 0 Å². The average molecular weight is 249 g/mol. The summed E-state index contributed by atoms with van der Waals surface area (Å²) in [5.74, 6) is -0.777. The van der Waals surface area contributed by atoms with Gasteiger partial charge in [0.1, 0.15) is 6.04 Å². The molecular weight excluding hydrogens is 226 g/mol. The molecule has 0 bridgehead atoms. The van der Waals surface area contributed by atoms with Crippen LogP contribution in [0.15, 0.2) is 24.3 Å². The van der Waals surface area contributed by atoms with Crippen molar-refractivity contribution in [3.05, 3.63) is 35.4 Å². The van der Waals surface area contributed by atoms with Crippen molar-refractivity contribution in [3.8, 4) is 0 Å². The Labute approximate surface area is 109 Å². The average Bonchev–Trinajstić information content (AvgIpc) is 2.39. The summed E-state index contributed by atoms with van der Waals surface area (Å²) in [6.07, 6.45) is 1.93. The minimum atomic E-state index is -0.777. The molecule has 0 radical (unpaired) electrons. The number of hydrogen-bond acceptors (Lipinski definition) is 2. The highest BCUT2D eigenvalue weighted by Crippen LogP contribution is 2.25. The van der Waals surface area contributed by atoms with E-state index in [9.17, 15) is 4.79 Å². The molecule has 1 aromatic carbocycles. The summed E-state index contributed by atoms with van der Waals surface area (Å²) < 4.78 is 0. The van der Waals surface area contributed by atoms with Crippen LogP contribution in [0.2, 0.25) is 0 Å². The van der Waals surface area contributed by atoms with Gasteiger partial charge in [-0.2, -0.15) is 0 Å². The minimum absolute atomic E-state index is 0.155. The van der Waals surface area contributed by atoms with Crippen LogP contribution in [-0.4, -0.2) is 29.1 Å². The molecule has 18 heavy (non-hydrogen) atoms. The van der Waals surface area contributed by atoms with Gasteiger partial charge in [0.15, 0.2) is 0 Å². The standard InChI is InChI=1S/C15H23NO2/c1-5-12-7-9-13(10-8-12)14(6-2)16(4)11(3)15(17)18/h7-11,14H,5-6H2,1-4H3,(H,17,18). The summed E-state index contributed by atoms with van der Waals surface area (Å²) >= 11 is 0. The van der Waals surface area contributed by atoms with Crippen LogP contribution in [-0.2, 0) is 11.2 Å². The first-order valence-corrected chi connectivity index (χ1v) is 6.54. The Bertz CT molecular complexity index is 386. The van der Waals surface area contributed by atoms with Gasteiger partial charge in [-0.1, -0.05) is 38.1 Å².